The van der Waals surface area contributed by atoms with Crippen LogP contribution < -0.4 is 20.7 Å². The number of methoxy groups -OCH3 is 1. The molecule has 0 radical (unpaired) electrons. The van der Waals surface area contributed by atoms with Gasteiger partial charge in [0.2, 0.25) is 5.91 Å². The smallest absolute Gasteiger partial charge is 0.319 e. The van der Waals surface area contributed by atoms with Crippen LogP contribution in [-0.4, -0.2) is 25.6 Å². The maximum Gasteiger partial charge on any atom is 0.319 e. The van der Waals surface area contributed by atoms with Gasteiger partial charge in [0.15, 0.2) is 0 Å². The SMILES string of the molecule is COc1ccc(NC(=O)NCC(=O)Nc2ccccc2C(C)(C)C)cc1. The molecule has 0 saturated heterocycles. The molecule has 3 N–H and O–H groups in total. The molecular formula is C20H25N3O3. The Kier molecular flexibility index (Phi) is 6.22. The predicted octanol–water partition coefficient (Wildman–Crippen LogP) is 3.75. The second-order valence-corrected chi connectivity index (χ2v) is 6.88. The van der Waals surface area contributed by atoms with Crippen LogP contribution in [-0.2, 0) is 10.2 Å². The summed E-state index contributed by atoms with van der Waals surface area (Å²) in [6, 6.07) is 14.1. The quantitative estimate of drug-likeness (QED) is 0.764. The highest BCUT2D eigenvalue weighted by atomic mass is 16.5. The van der Waals surface area contributed by atoms with Gasteiger partial charge < -0.3 is 20.7 Å². The lowest BCUT2D eigenvalue weighted by molar-refractivity contribution is -0.115. The number of hydrogen-bond acceptors (Lipinski definition) is 3. The molecule has 0 aliphatic heterocycles. The zero-order chi connectivity index (χ0) is 19.2. The van der Waals surface area contributed by atoms with Crippen molar-refractivity contribution in [3.05, 3.63) is 54.1 Å². The molecule has 3 amide bonds. The van der Waals surface area contributed by atoms with Crippen LogP contribution in [0.4, 0.5) is 16.2 Å². The second kappa shape index (κ2) is 8.38. The van der Waals surface area contributed by atoms with Crippen LogP contribution in [0.25, 0.3) is 0 Å². The fourth-order valence-corrected chi connectivity index (χ4v) is 2.45. The number of ether oxygens (including phenoxy) is 1. The largest absolute Gasteiger partial charge is 0.497 e. The Morgan fingerprint density at radius 3 is 2.23 bits per heavy atom. The van der Waals surface area contributed by atoms with E-state index in [0.717, 1.165) is 11.3 Å². The fourth-order valence-electron chi connectivity index (χ4n) is 2.45. The molecule has 26 heavy (non-hydrogen) atoms. The maximum absolute atomic E-state index is 12.2. The zero-order valence-electron chi connectivity index (χ0n) is 15.6. The first-order valence-corrected chi connectivity index (χ1v) is 8.38. The number of carbonyl (C=O) groups is 2. The molecule has 0 fully saturated rings. The molecule has 0 saturated carbocycles. The van der Waals surface area contributed by atoms with Crippen molar-refractivity contribution in [3.63, 3.8) is 0 Å². The number of hydrogen-bond donors (Lipinski definition) is 3. The van der Waals surface area contributed by atoms with Gasteiger partial charge in [0, 0.05) is 11.4 Å². The predicted molar refractivity (Wildman–Crippen MR) is 104 cm³/mol. The van der Waals surface area contributed by atoms with E-state index in [2.05, 4.69) is 36.7 Å². The van der Waals surface area contributed by atoms with Crippen molar-refractivity contribution < 1.29 is 14.3 Å². The highest BCUT2D eigenvalue weighted by molar-refractivity contribution is 5.97. The summed E-state index contributed by atoms with van der Waals surface area (Å²) in [5.41, 5.74) is 2.31. The first kappa shape index (κ1) is 19.3. The summed E-state index contributed by atoms with van der Waals surface area (Å²) in [5, 5.41) is 8.06. The minimum atomic E-state index is -0.450. The average Bonchev–Trinajstić information content (AvgIpc) is 2.60. The summed E-state index contributed by atoms with van der Waals surface area (Å²) in [6.45, 7) is 6.12. The molecule has 0 aliphatic rings. The lowest BCUT2D eigenvalue weighted by Gasteiger charge is -2.23. The summed E-state index contributed by atoms with van der Waals surface area (Å²) < 4.78 is 5.06. The molecule has 138 valence electrons. The van der Waals surface area contributed by atoms with Gasteiger partial charge in [0.1, 0.15) is 5.75 Å². The lowest BCUT2D eigenvalue weighted by atomic mass is 9.86. The van der Waals surface area contributed by atoms with Crippen LogP contribution in [0.2, 0.25) is 0 Å². The zero-order valence-corrected chi connectivity index (χ0v) is 15.6. The Hall–Kier alpha value is -3.02. The Morgan fingerprint density at radius 2 is 1.62 bits per heavy atom. The monoisotopic (exact) mass is 355 g/mol. The lowest BCUT2D eigenvalue weighted by Crippen LogP contribution is -2.36. The molecule has 2 rings (SSSR count). The molecule has 0 unspecified atom stereocenters. The van der Waals surface area contributed by atoms with E-state index in [1.165, 1.54) is 0 Å². The van der Waals surface area contributed by atoms with E-state index < -0.39 is 6.03 Å². The van der Waals surface area contributed by atoms with Gasteiger partial charge in [0.25, 0.3) is 0 Å². The topological polar surface area (TPSA) is 79.5 Å². The van der Waals surface area contributed by atoms with Crippen LogP contribution in [0.15, 0.2) is 48.5 Å². The number of anilines is 2. The molecule has 0 aromatic heterocycles. The van der Waals surface area contributed by atoms with Gasteiger partial charge in [-0.15, -0.1) is 0 Å². The van der Waals surface area contributed by atoms with Gasteiger partial charge >= 0.3 is 6.03 Å². The Labute approximate surface area is 153 Å². The minimum Gasteiger partial charge on any atom is -0.497 e. The summed E-state index contributed by atoms with van der Waals surface area (Å²) in [7, 11) is 1.57. The van der Waals surface area contributed by atoms with Crippen molar-refractivity contribution in [1.82, 2.24) is 5.32 Å². The van der Waals surface area contributed by atoms with E-state index >= 15 is 0 Å². The van der Waals surface area contributed by atoms with Crippen molar-refractivity contribution in [3.8, 4) is 5.75 Å². The number of amides is 3. The first-order valence-electron chi connectivity index (χ1n) is 8.38. The third-order valence-electron chi connectivity index (χ3n) is 3.77. The van der Waals surface area contributed by atoms with Crippen molar-refractivity contribution in [1.29, 1.82) is 0 Å². The summed E-state index contributed by atoms with van der Waals surface area (Å²) in [4.78, 5) is 24.1. The van der Waals surface area contributed by atoms with Gasteiger partial charge in [-0.05, 0) is 41.3 Å². The van der Waals surface area contributed by atoms with E-state index in [4.69, 9.17) is 4.74 Å². The molecule has 2 aromatic carbocycles. The normalized spacial score (nSPS) is 10.8. The highest BCUT2D eigenvalue weighted by Crippen LogP contribution is 2.29. The highest BCUT2D eigenvalue weighted by Gasteiger charge is 2.18. The van der Waals surface area contributed by atoms with Gasteiger partial charge in [-0.1, -0.05) is 39.0 Å². The fraction of sp³-hybridized carbons (Fsp3) is 0.300. The van der Waals surface area contributed by atoms with E-state index in [1.54, 1.807) is 31.4 Å². The Morgan fingerprint density at radius 1 is 0.962 bits per heavy atom. The van der Waals surface area contributed by atoms with E-state index in [9.17, 15) is 9.59 Å². The molecule has 6 nitrogen and oxygen atoms in total. The van der Waals surface area contributed by atoms with E-state index in [1.807, 2.05) is 24.3 Å². The summed E-state index contributed by atoms with van der Waals surface area (Å²) in [6.07, 6.45) is 0. The van der Waals surface area contributed by atoms with Crippen molar-refractivity contribution >= 4 is 23.3 Å². The first-order chi connectivity index (χ1) is 12.3. The van der Waals surface area contributed by atoms with Crippen LogP contribution in [0.3, 0.4) is 0 Å². The molecule has 0 heterocycles. The number of urea groups is 1. The molecular weight excluding hydrogens is 330 g/mol. The molecule has 0 bridgehead atoms. The maximum atomic E-state index is 12.2. The van der Waals surface area contributed by atoms with Crippen LogP contribution >= 0.6 is 0 Å². The number of benzene rings is 2. The van der Waals surface area contributed by atoms with Crippen LogP contribution in [0.5, 0.6) is 5.75 Å². The average molecular weight is 355 g/mol. The number of para-hydroxylation sites is 1. The Balaban J connectivity index is 1.88. The number of nitrogens with one attached hydrogen (secondary N) is 3. The van der Waals surface area contributed by atoms with E-state index in [-0.39, 0.29) is 17.9 Å². The molecule has 0 spiro atoms. The van der Waals surface area contributed by atoms with Crippen molar-refractivity contribution in [2.45, 2.75) is 26.2 Å². The summed E-state index contributed by atoms with van der Waals surface area (Å²) >= 11 is 0. The molecule has 0 aliphatic carbocycles. The third-order valence-corrected chi connectivity index (χ3v) is 3.77. The van der Waals surface area contributed by atoms with Gasteiger partial charge in [0.05, 0.1) is 13.7 Å². The van der Waals surface area contributed by atoms with Gasteiger partial charge in [-0.3, -0.25) is 4.79 Å². The number of carbonyl (C=O) groups excluding carboxylic acids is 2. The van der Waals surface area contributed by atoms with E-state index in [0.29, 0.717) is 11.4 Å². The Bertz CT molecular complexity index is 765. The number of rotatable bonds is 5. The second-order valence-electron chi connectivity index (χ2n) is 6.88. The minimum absolute atomic E-state index is 0.0942. The van der Waals surface area contributed by atoms with Crippen molar-refractivity contribution in [2.75, 3.05) is 24.3 Å². The molecule has 2 aromatic rings. The van der Waals surface area contributed by atoms with Crippen LogP contribution in [0.1, 0.15) is 26.3 Å². The van der Waals surface area contributed by atoms with Crippen molar-refractivity contribution in [2.24, 2.45) is 0 Å². The summed E-state index contributed by atoms with van der Waals surface area (Å²) in [5.74, 6) is 0.416. The third kappa shape index (κ3) is 5.51. The van der Waals surface area contributed by atoms with Gasteiger partial charge in [-0.25, -0.2) is 4.79 Å². The van der Waals surface area contributed by atoms with Gasteiger partial charge in [-0.2, -0.15) is 0 Å². The standard InChI is InChI=1S/C20H25N3O3/c1-20(2,3)16-7-5-6-8-17(16)23-18(24)13-21-19(25)22-14-9-11-15(26-4)12-10-14/h5-12H,13H2,1-4H3,(H,23,24)(H2,21,22,25). The molecule has 6 heteroatoms. The molecule has 0 atom stereocenters. The van der Waals surface area contributed by atoms with Crippen LogP contribution in [0, 0.1) is 0 Å².